The van der Waals surface area contributed by atoms with Crippen LogP contribution in [0, 0.1) is 0 Å². The predicted molar refractivity (Wildman–Crippen MR) is 78.4 cm³/mol. The summed E-state index contributed by atoms with van der Waals surface area (Å²) in [5.41, 5.74) is 6.23. The van der Waals surface area contributed by atoms with Gasteiger partial charge < -0.3 is 25.8 Å². The molecular formula is C12H19N3O4S. The summed E-state index contributed by atoms with van der Waals surface area (Å²) in [6, 6.07) is 0. The van der Waals surface area contributed by atoms with Crippen LogP contribution in [0.1, 0.15) is 27.0 Å². The predicted octanol–water partition coefficient (Wildman–Crippen LogP) is 0.925. The van der Waals surface area contributed by atoms with Crippen LogP contribution < -0.4 is 16.4 Å². The van der Waals surface area contributed by atoms with Gasteiger partial charge in [0.25, 0.3) is 5.91 Å². The third-order valence-electron chi connectivity index (χ3n) is 2.45. The maximum atomic E-state index is 11.9. The van der Waals surface area contributed by atoms with Crippen LogP contribution in [0.2, 0.25) is 0 Å². The van der Waals surface area contributed by atoms with Gasteiger partial charge in [0.2, 0.25) is 0 Å². The molecule has 0 fully saturated rings. The molecule has 112 valence electrons. The summed E-state index contributed by atoms with van der Waals surface area (Å²) >= 11 is 1.12. The number of rotatable bonds is 7. The highest BCUT2D eigenvalue weighted by Gasteiger charge is 2.25. The van der Waals surface area contributed by atoms with Crippen LogP contribution in [0.4, 0.5) is 10.7 Å². The Morgan fingerprint density at radius 2 is 2.10 bits per heavy atom. The highest BCUT2D eigenvalue weighted by Crippen LogP contribution is 2.36. The fraction of sp³-hybridized carbons (Fsp3) is 0.500. The van der Waals surface area contributed by atoms with E-state index in [1.165, 1.54) is 7.05 Å². The average molecular weight is 301 g/mol. The van der Waals surface area contributed by atoms with Crippen LogP contribution in [0.15, 0.2) is 0 Å². The molecule has 0 bridgehead atoms. The van der Waals surface area contributed by atoms with Gasteiger partial charge in [-0.25, -0.2) is 4.79 Å². The number of nitrogens with two attached hydrogens (primary N) is 1. The first-order chi connectivity index (χ1) is 9.56. The van der Waals surface area contributed by atoms with Crippen molar-refractivity contribution < 1.29 is 19.1 Å². The maximum absolute atomic E-state index is 11.9. The number of hydrogen-bond donors (Lipinski definition) is 3. The number of nitrogen functional groups attached to an aromatic ring is 1. The van der Waals surface area contributed by atoms with Crippen molar-refractivity contribution in [3.8, 4) is 0 Å². The lowest BCUT2D eigenvalue weighted by Gasteiger charge is -2.07. The first-order valence-electron chi connectivity index (χ1n) is 6.11. The van der Waals surface area contributed by atoms with Crippen molar-refractivity contribution in [3.63, 3.8) is 0 Å². The Bertz CT molecular complexity index is 487. The van der Waals surface area contributed by atoms with Gasteiger partial charge in [-0.15, -0.1) is 11.3 Å². The topological polar surface area (TPSA) is 103 Å². The molecule has 1 amide bonds. The minimum absolute atomic E-state index is 0.132. The first-order valence-corrected chi connectivity index (χ1v) is 6.92. The molecule has 1 rings (SSSR count). The van der Waals surface area contributed by atoms with E-state index in [9.17, 15) is 9.59 Å². The lowest BCUT2D eigenvalue weighted by molar-refractivity contribution is 0.0529. The number of nitrogens with one attached hydrogen (secondary N) is 2. The second-order valence-electron chi connectivity index (χ2n) is 3.77. The second-order valence-corrected chi connectivity index (χ2v) is 4.79. The van der Waals surface area contributed by atoms with Gasteiger partial charge in [0, 0.05) is 20.7 Å². The first kappa shape index (κ1) is 16.3. The number of methoxy groups -OCH3 is 1. The van der Waals surface area contributed by atoms with Gasteiger partial charge in [0.05, 0.1) is 18.9 Å². The van der Waals surface area contributed by atoms with Crippen molar-refractivity contribution >= 4 is 33.9 Å². The Hall–Kier alpha value is -1.80. The van der Waals surface area contributed by atoms with Crippen molar-refractivity contribution in [2.75, 3.05) is 45.0 Å². The SMILES string of the molecule is CCOC(=O)c1c(NCCOC)sc(C(=O)NC)c1N. The smallest absolute Gasteiger partial charge is 0.343 e. The molecule has 1 heterocycles. The van der Waals surface area contributed by atoms with E-state index < -0.39 is 5.97 Å². The number of amides is 1. The van der Waals surface area contributed by atoms with E-state index >= 15 is 0 Å². The molecule has 8 heteroatoms. The quantitative estimate of drug-likeness (QED) is 0.511. The van der Waals surface area contributed by atoms with Crippen molar-refractivity contribution in [2.45, 2.75) is 6.92 Å². The number of esters is 1. The van der Waals surface area contributed by atoms with E-state index in [4.69, 9.17) is 15.2 Å². The standard InChI is InChI=1S/C12H19N3O4S/c1-4-19-12(17)7-8(13)9(10(16)14-2)20-11(7)15-5-6-18-3/h15H,4-6,13H2,1-3H3,(H,14,16). The minimum Gasteiger partial charge on any atom is -0.462 e. The minimum atomic E-state index is -0.545. The summed E-state index contributed by atoms with van der Waals surface area (Å²) in [5.74, 6) is -0.880. The highest BCUT2D eigenvalue weighted by molar-refractivity contribution is 7.19. The Kier molecular flexibility index (Phi) is 6.26. The third kappa shape index (κ3) is 3.61. The molecule has 0 atom stereocenters. The molecule has 0 unspecified atom stereocenters. The number of carbonyl (C=O) groups is 2. The summed E-state index contributed by atoms with van der Waals surface area (Å²) in [6.45, 7) is 2.91. The van der Waals surface area contributed by atoms with Crippen molar-refractivity contribution in [1.82, 2.24) is 5.32 Å². The Morgan fingerprint density at radius 1 is 1.40 bits per heavy atom. The number of carbonyl (C=O) groups excluding carboxylic acids is 2. The lowest BCUT2D eigenvalue weighted by atomic mass is 10.2. The fourth-order valence-corrected chi connectivity index (χ4v) is 2.60. The molecule has 0 aromatic carbocycles. The van der Waals surface area contributed by atoms with Crippen LogP contribution in [0.5, 0.6) is 0 Å². The summed E-state index contributed by atoms with van der Waals surface area (Å²) in [4.78, 5) is 24.0. The Balaban J connectivity index is 3.11. The number of anilines is 2. The Labute approximate surface area is 121 Å². The van der Waals surface area contributed by atoms with Crippen molar-refractivity contribution in [1.29, 1.82) is 0 Å². The van der Waals surface area contributed by atoms with Gasteiger partial charge in [-0.1, -0.05) is 0 Å². The summed E-state index contributed by atoms with van der Waals surface area (Å²) in [5, 5.41) is 6.02. The molecule has 0 saturated carbocycles. The van der Waals surface area contributed by atoms with E-state index in [1.807, 2.05) is 0 Å². The maximum Gasteiger partial charge on any atom is 0.343 e. The molecule has 0 radical (unpaired) electrons. The number of hydrogen-bond acceptors (Lipinski definition) is 7. The number of thiophene rings is 1. The normalized spacial score (nSPS) is 10.2. The average Bonchev–Trinajstić information content (AvgIpc) is 2.75. The monoisotopic (exact) mass is 301 g/mol. The molecule has 0 aliphatic rings. The number of ether oxygens (including phenoxy) is 2. The van der Waals surface area contributed by atoms with Gasteiger partial charge >= 0.3 is 5.97 Å². The van der Waals surface area contributed by atoms with Gasteiger partial charge in [0.15, 0.2) is 0 Å². The summed E-state index contributed by atoms with van der Waals surface area (Å²) in [7, 11) is 3.08. The van der Waals surface area contributed by atoms with Crippen LogP contribution >= 0.6 is 11.3 Å². The third-order valence-corrected chi connectivity index (χ3v) is 3.61. The van der Waals surface area contributed by atoms with E-state index in [0.29, 0.717) is 18.2 Å². The Morgan fingerprint density at radius 3 is 2.65 bits per heavy atom. The van der Waals surface area contributed by atoms with Crippen LogP contribution in [0.3, 0.4) is 0 Å². The van der Waals surface area contributed by atoms with E-state index in [-0.39, 0.29) is 28.6 Å². The van der Waals surface area contributed by atoms with E-state index in [0.717, 1.165) is 11.3 Å². The van der Waals surface area contributed by atoms with Gasteiger partial charge in [-0.05, 0) is 6.92 Å². The molecular weight excluding hydrogens is 282 g/mol. The molecule has 0 spiro atoms. The molecule has 0 aliphatic heterocycles. The molecule has 20 heavy (non-hydrogen) atoms. The molecule has 0 saturated heterocycles. The van der Waals surface area contributed by atoms with Crippen LogP contribution in [-0.4, -0.2) is 45.8 Å². The van der Waals surface area contributed by atoms with Crippen LogP contribution in [-0.2, 0) is 9.47 Å². The molecule has 1 aromatic heterocycles. The second kappa shape index (κ2) is 7.71. The zero-order valence-corrected chi connectivity index (χ0v) is 12.6. The summed E-state index contributed by atoms with van der Waals surface area (Å²) in [6.07, 6.45) is 0. The van der Waals surface area contributed by atoms with Crippen molar-refractivity contribution in [3.05, 3.63) is 10.4 Å². The highest BCUT2D eigenvalue weighted by atomic mass is 32.1. The van der Waals surface area contributed by atoms with Gasteiger partial charge in [-0.3, -0.25) is 4.79 Å². The molecule has 0 aliphatic carbocycles. The van der Waals surface area contributed by atoms with Gasteiger partial charge in [-0.2, -0.15) is 0 Å². The van der Waals surface area contributed by atoms with Crippen LogP contribution in [0.25, 0.3) is 0 Å². The summed E-state index contributed by atoms with van der Waals surface area (Å²) < 4.78 is 9.90. The van der Waals surface area contributed by atoms with Crippen molar-refractivity contribution in [2.24, 2.45) is 0 Å². The zero-order chi connectivity index (χ0) is 15.1. The van der Waals surface area contributed by atoms with E-state index in [1.54, 1.807) is 14.0 Å². The molecule has 7 nitrogen and oxygen atoms in total. The largest absolute Gasteiger partial charge is 0.462 e. The molecule has 4 N–H and O–H groups in total. The van der Waals surface area contributed by atoms with Gasteiger partial charge in [0.1, 0.15) is 15.4 Å². The molecule has 1 aromatic rings. The fourth-order valence-electron chi connectivity index (χ4n) is 1.52. The zero-order valence-electron chi connectivity index (χ0n) is 11.7. The van der Waals surface area contributed by atoms with E-state index in [2.05, 4.69) is 10.6 Å². The lowest BCUT2D eigenvalue weighted by Crippen LogP contribution is -2.18.